The second kappa shape index (κ2) is 6.77. The Morgan fingerprint density at radius 1 is 1.29 bits per heavy atom. The van der Waals surface area contributed by atoms with Gasteiger partial charge in [0.25, 0.3) is 0 Å². The van der Waals surface area contributed by atoms with E-state index in [9.17, 15) is 5.11 Å². The first-order valence-corrected chi connectivity index (χ1v) is 8.21. The van der Waals surface area contributed by atoms with Crippen LogP contribution in [0.4, 0.5) is 0 Å². The first-order valence-electron chi connectivity index (χ1n) is 7.42. The Morgan fingerprint density at radius 2 is 2.14 bits per heavy atom. The number of benzene rings is 1. The minimum Gasteiger partial charge on any atom is -0.468 e. The Balaban J connectivity index is 1.56. The minimum absolute atomic E-state index is 0.416. The lowest BCUT2D eigenvalue weighted by atomic mass is 10.1. The maximum absolute atomic E-state index is 10.4. The predicted octanol–water partition coefficient (Wildman–Crippen LogP) is 4.13. The van der Waals surface area contributed by atoms with E-state index in [0.717, 1.165) is 35.3 Å². The summed E-state index contributed by atoms with van der Waals surface area (Å²) in [6.07, 6.45) is 4.56. The Labute approximate surface area is 133 Å². The van der Waals surface area contributed by atoms with Gasteiger partial charge in [0.2, 0.25) is 0 Å². The second-order valence-corrected chi connectivity index (χ2v) is 6.56. The fraction of sp³-hybridized carbons (Fsp3) is 0.412. The molecule has 1 aliphatic carbocycles. The highest BCUT2D eigenvalue weighted by Gasteiger charge is 2.29. The van der Waals surface area contributed by atoms with Crippen molar-refractivity contribution < 1.29 is 9.52 Å². The molecule has 1 aromatic heterocycles. The zero-order valence-corrected chi connectivity index (χ0v) is 13.5. The van der Waals surface area contributed by atoms with Crippen molar-refractivity contribution in [2.45, 2.75) is 38.0 Å². The van der Waals surface area contributed by atoms with E-state index in [0.29, 0.717) is 6.04 Å². The molecule has 1 aromatic carbocycles. The Hall–Kier alpha value is -1.10. The molecular formula is C17H20BrNO2. The van der Waals surface area contributed by atoms with E-state index in [1.165, 1.54) is 12.8 Å². The average Bonchev–Trinajstić information content (AvgIpc) is 3.20. The molecule has 3 nitrogen and oxygen atoms in total. The molecule has 3 rings (SSSR count). The molecule has 4 heteroatoms. The molecule has 1 aliphatic rings. The molecule has 1 heterocycles. The van der Waals surface area contributed by atoms with Crippen molar-refractivity contribution in [3.63, 3.8) is 0 Å². The van der Waals surface area contributed by atoms with Crippen molar-refractivity contribution in [1.82, 2.24) is 4.90 Å². The van der Waals surface area contributed by atoms with Crippen LogP contribution in [0.2, 0.25) is 0 Å². The number of aliphatic hydroxyl groups excluding tert-OH is 1. The summed E-state index contributed by atoms with van der Waals surface area (Å²) in [6, 6.07) is 12.5. The van der Waals surface area contributed by atoms with E-state index in [2.05, 4.69) is 20.8 Å². The molecule has 1 saturated carbocycles. The second-order valence-electron chi connectivity index (χ2n) is 5.64. The SMILES string of the molecule is OC(CCN(Cc1ccco1)C1CC1)c1cccc(Br)c1. The van der Waals surface area contributed by atoms with Crippen LogP contribution in [0.3, 0.4) is 0 Å². The Kier molecular flexibility index (Phi) is 4.78. The van der Waals surface area contributed by atoms with E-state index >= 15 is 0 Å². The van der Waals surface area contributed by atoms with Gasteiger partial charge in [0.1, 0.15) is 5.76 Å². The lowest BCUT2D eigenvalue weighted by Gasteiger charge is -2.22. The third-order valence-corrected chi connectivity index (χ3v) is 4.42. The first-order chi connectivity index (χ1) is 10.2. The van der Waals surface area contributed by atoms with Crippen LogP contribution in [0.25, 0.3) is 0 Å². The van der Waals surface area contributed by atoms with Gasteiger partial charge in [-0.05, 0) is 49.1 Å². The lowest BCUT2D eigenvalue weighted by Crippen LogP contribution is -2.27. The van der Waals surface area contributed by atoms with E-state index in [4.69, 9.17) is 4.42 Å². The van der Waals surface area contributed by atoms with E-state index in [-0.39, 0.29) is 0 Å². The molecule has 0 radical (unpaired) electrons. The number of hydrogen-bond acceptors (Lipinski definition) is 3. The normalized spacial score (nSPS) is 16.3. The molecule has 0 saturated heterocycles. The quantitative estimate of drug-likeness (QED) is 0.816. The summed E-state index contributed by atoms with van der Waals surface area (Å²) in [4.78, 5) is 2.42. The van der Waals surface area contributed by atoms with Gasteiger partial charge < -0.3 is 9.52 Å². The summed E-state index contributed by atoms with van der Waals surface area (Å²) >= 11 is 3.45. The Morgan fingerprint density at radius 3 is 2.81 bits per heavy atom. The molecule has 112 valence electrons. The van der Waals surface area contributed by atoms with Crippen molar-refractivity contribution in [2.75, 3.05) is 6.54 Å². The van der Waals surface area contributed by atoms with E-state index in [1.54, 1.807) is 6.26 Å². The van der Waals surface area contributed by atoms with Crippen LogP contribution < -0.4 is 0 Å². The van der Waals surface area contributed by atoms with E-state index in [1.807, 2.05) is 36.4 Å². The highest BCUT2D eigenvalue weighted by molar-refractivity contribution is 9.10. The van der Waals surface area contributed by atoms with Crippen LogP contribution in [0.15, 0.2) is 51.6 Å². The standard InChI is InChI=1S/C17H20BrNO2/c18-14-4-1-3-13(11-14)17(20)8-9-19(15-6-7-15)12-16-5-2-10-21-16/h1-5,10-11,15,17,20H,6-9,12H2. The van der Waals surface area contributed by atoms with Gasteiger partial charge in [0.15, 0.2) is 0 Å². The van der Waals surface area contributed by atoms with Gasteiger partial charge in [0.05, 0.1) is 18.9 Å². The lowest BCUT2D eigenvalue weighted by molar-refractivity contribution is 0.133. The highest BCUT2D eigenvalue weighted by atomic mass is 79.9. The summed E-state index contributed by atoms with van der Waals surface area (Å²) in [7, 11) is 0. The molecule has 0 spiro atoms. The maximum atomic E-state index is 10.4. The fourth-order valence-electron chi connectivity index (χ4n) is 2.60. The molecule has 2 aromatic rings. The van der Waals surface area contributed by atoms with Crippen LogP contribution in [-0.2, 0) is 6.54 Å². The van der Waals surface area contributed by atoms with Crippen LogP contribution in [0.1, 0.15) is 36.7 Å². The smallest absolute Gasteiger partial charge is 0.117 e. The summed E-state index contributed by atoms with van der Waals surface area (Å²) in [5.74, 6) is 0.999. The molecule has 0 aliphatic heterocycles. The summed E-state index contributed by atoms with van der Waals surface area (Å²) < 4.78 is 6.45. The zero-order valence-electron chi connectivity index (χ0n) is 11.9. The van der Waals surface area contributed by atoms with Crippen molar-refractivity contribution >= 4 is 15.9 Å². The van der Waals surface area contributed by atoms with Gasteiger partial charge in [-0.25, -0.2) is 0 Å². The molecule has 1 unspecified atom stereocenters. The van der Waals surface area contributed by atoms with Gasteiger partial charge in [0, 0.05) is 17.1 Å². The molecule has 1 atom stereocenters. The predicted molar refractivity (Wildman–Crippen MR) is 85.9 cm³/mol. The number of halogens is 1. The molecule has 1 N–H and O–H groups in total. The van der Waals surface area contributed by atoms with Gasteiger partial charge in [-0.3, -0.25) is 4.90 Å². The number of rotatable bonds is 7. The molecule has 1 fully saturated rings. The zero-order chi connectivity index (χ0) is 14.7. The largest absolute Gasteiger partial charge is 0.468 e. The number of aliphatic hydroxyl groups is 1. The van der Waals surface area contributed by atoms with Crippen LogP contribution in [0.5, 0.6) is 0 Å². The van der Waals surface area contributed by atoms with Crippen molar-refractivity contribution in [1.29, 1.82) is 0 Å². The average molecular weight is 350 g/mol. The van der Waals surface area contributed by atoms with E-state index < -0.39 is 6.10 Å². The highest BCUT2D eigenvalue weighted by Crippen LogP contribution is 2.30. The monoisotopic (exact) mass is 349 g/mol. The summed E-state index contributed by atoms with van der Waals surface area (Å²) in [5.41, 5.74) is 0.970. The fourth-order valence-corrected chi connectivity index (χ4v) is 3.02. The molecule has 0 amide bonds. The van der Waals surface area contributed by atoms with Gasteiger partial charge >= 0.3 is 0 Å². The third-order valence-electron chi connectivity index (χ3n) is 3.93. The molecular weight excluding hydrogens is 330 g/mol. The topological polar surface area (TPSA) is 36.6 Å². The van der Waals surface area contributed by atoms with Crippen molar-refractivity contribution in [3.8, 4) is 0 Å². The number of nitrogens with zero attached hydrogens (tertiary/aromatic N) is 1. The van der Waals surface area contributed by atoms with Gasteiger partial charge in [-0.2, -0.15) is 0 Å². The number of furan rings is 1. The van der Waals surface area contributed by atoms with Crippen LogP contribution in [-0.4, -0.2) is 22.6 Å². The van der Waals surface area contributed by atoms with Crippen LogP contribution in [0, 0.1) is 0 Å². The summed E-state index contributed by atoms with van der Waals surface area (Å²) in [6.45, 7) is 1.72. The third kappa shape index (κ3) is 4.19. The minimum atomic E-state index is -0.416. The first kappa shape index (κ1) is 14.8. The van der Waals surface area contributed by atoms with Crippen LogP contribution >= 0.6 is 15.9 Å². The number of hydrogen-bond donors (Lipinski definition) is 1. The van der Waals surface area contributed by atoms with Crippen molar-refractivity contribution in [3.05, 3.63) is 58.5 Å². The van der Waals surface area contributed by atoms with Gasteiger partial charge in [-0.15, -0.1) is 0 Å². The van der Waals surface area contributed by atoms with Crippen molar-refractivity contribution in [2.24, 2.45) is 0 Å². The summed E-state index contributed by atoms with van der Waals surface area (Å²) in [5, 5.41) is 10.4. The molecule has 21 heavy (non-hydrogen) atoms. The van der Waals surface area contributed by atoms with Gasteiger partial charge in [-0.1, -0.05) is 28.1 Å². The Bertz CT molecular complexity index is 566. The molecule has 0 bridgehead atoms. The maximum Gasteiger partial charge on any atom is 0.117 e.